The second-order valence-electron chi connectivity index (χ2n) is 4.44. The first-order valence-electron chi connectivity index (χ1n) is 6.25. The van der Waals surface area contributed by atoms with E-state index in [9.17, 15) is 10.1 Å². The van der Waals surface area contributed by atoms with E-state index in [1.54, 1.807) is 18.3 Å². The second kappa shape index (κ2) is 6.64. The van der Waals surface area contributed by atoms with Crippen LogP contribution in [0.15, 0.2) is 41.0 Å². The summed E-state index contributed by atoms with van der Waals surface area (Å²) in [6.07, 6.45) is 1.64. The van der Waals surface area contributed by atoms with Gasteiger partial charge in [0, 0.05) is 28.8 Å². The molecule has 0 amide bonds. The summed E-state index contributed by atoms with van der Waals surface area (Å²) >= 11 is 3.23. The van der Waals surface area contributed by atoms with E-state index in [1.807, 2.05) is 20.0 Å². The Balaban J connectivity index is 2.28. The van der Waals surface area contributed by atoms with E-state index in [2.05, 4.69) is 26.2 Å². The predicted octanol–water partition coefficient (Wildman–Crippen LogP) is 3.83. The average Bonchev–Trinajstić information content (AvgIpc) is 2.46. The number of nitrogens with one attached hydrogen (secondary N) is 1. The number of hydrogen-bond donors (Lipinski definition) is 1. The Bertz CT molecular complexity index is 664. The Kier molecular flexibility index (Phi) is 4.87. The van der Waals surface area contributed by atoms with Crippen LogP contribution in [0.25, 0.3) is 0 Å². The van der Waals surface area contributed by atoms with E-state index >= 15 is 0 Å². The Hall–Kier alpha value is -1.99. The minimum absolute atomic E-state index is 0.0425. The van der Waals surface area contributed by atoms with Gasteiger partial charge in [0.1, 0.15) is 5.75 Å². The van der Waals surface area contributed by atoms with Gasteiger partial charge in [-0.2, -0.15) is 0 Å². The highest BCUT2D eigenvalue weighted by Crippen LogP contribution is 2.29. The lowest BCUT2D eigenvalue weighted by molar-refractivity contribution is -0.385. The van der Waals surface area contributed by atoms with E-state index in [1.165, 1.54) is 12.1 Å². The van der Waals surface area contributed by atoms with Gasteiger partial charge >= 0.3 is 0 Å². The van der Waals surface area contributed by atoms with Gasteiger partial charge < -0.3 is 10.1 Å². The van der Waals surface area contributed by atoms with Gasteiger partial charge in [-0.1, -0.05) is 15.9 Å². The van der Waals surface area contributed by atoms with Crippen LogP contribution in [0.4, 0.5) is 5.69 Å². The lowest BCUT2D eigenvalue weighted by atomic mass is 10.1. The summed E-state index contributed by atoms with van der Waals surface area (Å²) in [5.74, 6) is 0.750. The molecule has 0 saturated carbocycles. The van der Waals surface area contributed by atoms with E-state index in [0.717, 1.165) is 5.56 Å². The van der Waals surface area contributed by atoms with Crippen molar-refractivity contribution in [3.05, 3.63) is 56.7 Å². The first-order valence-corrected chi connectivity index (χ1v) is 7.05. The molecule has 0 aliphatic rings. The fourth-order valence-corrected chi connectivity index (χ4v) is 2.21. The van der Waals surface area contributed by atoms with Gasteiger partial charge in [0.2, 0.25) is 5.88 Å². The van der Waals surface area contributed by atoms with Crippen molar-refractivity contribution >= 4 is 21.6 Å². The van der Waals surface area contributed by atoms with Crippen molar-refractivity contribution in [1.82, 2.24) is 10.3 Å². The normalized spacial score (nSPS) is 12.0. The summed E-state index contributed by atoms with van der Waals surface area (Å²) in [6, 6.07) is 8.28. The predicted molar refractivity (Wildman–Crippen MR) is 82.6 cm³/mol. The molecule has 6 nitrogen and oxygen atoms in total. The molecule has 1 aromatic heterocycles. The summed E-state index contributed by atoms with van der Waals surface area (Å²) in [5.41, 5.74) is 0.978. The van der Waals surface area contributed by atoms with Crippen molar-refractivity contribution < 1.29 is 9.66 Å². The van der Waals surface area contributed by atoms with E-state index in [0.29, 0.717) is 16.1 Å². The Labute approximate surface area is 130 Å². The van der Waals surface area contributed by atoms with Gasteiger partial charge in [-0.05, 0) is 31.7 Å². The Morgan fingerprint density at radius 1 is 1.38 bits per heavy atom. The summed E-state index contributed by atoms with van der Waals surface area (Å²) in [5, 5.41) is 14.0. The smallest absolute Gasteiger partial charge is 0.274 e. The molecule has 110 valence electrons. The highest BCUT2D eigenvalue weighted by Gasteiger charge is 2.11. The van der Waals surface area contributed by atoms with Crippen LogP contribution in [0.2, 0.25) is 0 Å². The van der Waals surface area contributed by atoms with Gasteiger partial charge in [0.05, 0.1) is 11.0 Å². The van der Waals surface area contributed by atoms with Crippen LogP contribution in [0, 0.1) is 10.1 Å². The number of halogens is 1. The zero-order chi connectivity index (χ0) is 15.4. The van der Waals surface area contributed by atoms with Crippen LogP contribution in [0.5, 0.6) is 11.6 Å². The molecule has 1 aromatic carbocycles. The third-order valence-electron chi connectivity index (χ3n) is 2.98. The topological polar surface area (TPSA) is 77.3 Å². The summed E-state index contributed by atoms with van der Waals surface area (Å²) in [7, 11) is 1.86. The molecule has 1 unspecified atom stereocenters. The fraction of sp³-hybridized carbons (Fsp3) is 0.214. The number of pyridine rings is 1. The van der Waals surface area contributed by atoms with Crippen molar-refractivity contribution in [1.29, 1.82) is 0 Å². The molecular weight excluding hydrogens is 338 g/mol. The van der Waals surface area contributed by atoms with Crippen LogP contribution < -0.4 is 10.1 Å². The highest BCUT2D eigenvalue weighted by atomic mass is 79.9. The molecule has 0 bridgehead atoms. The van der Waals surface area contributed by atoms with Crippen molar-refractivity contribution in [2.45, 2.75) is 13.0 Å². The molecule has 1 heterocycles. The number of aromatic nitrogens is 1. The molecule has 0 aliphatic heterocycles. The van der Waals surface area contributed by atoms with Gasteiger partial charge in [0.25, 0.3) is 5.69 Å². The lowest BCUT2D eigenvalue weighted by Crippen LogP contribution is -2.12. The third kappa shape index (κ3) is 3.99. The maximum atomic E-state index is 10.8. The lowest BCUT2D eigenvalue weighted by Gasteiger charge is -2.12. The van der Waals surface area contributed by atoms with E-state index in [4.69, 9.17) is 4.74 Å². The summed E-state index contributed by atoms with van der Waals surface area (Å²) < 4.78 is 6.19. The minimum Gasteiger partial charge on any atom is -0.439 e. The standard InChI is InChI=1S/C14H14BrN3O3/c1-9(16-2)10-3-4-17-14(5-10)21-13-7-11(15)6-12(8-13)18(19)20/h3-9,16H,1-2H3. The number of hydrogen-bond acceptors (Lipinski definition) is 5. The molecule has 0 fully saturated rings. The zero-order valence-electron chi connectivity index (χ0n) is 11.5. The molecule has 2 rings (SSSR count). The number of nitro groups is 1. The van der Waals surface area contributed by atoms with Gasteiger partial charge in [0.15, 0.2) is 0 Å². The molecule has 0 spiro atoms. The monoisotopic (exact) mass is 351 g/mol. The first-order chi connectivity index (χ1) is 9.99. The third-order valence-corrected chi connectivity index (χ3v) is 3.44. The molecule has 0 aliphatic carbocycles. The minimum atomic E-state index is -0.468. The Morgan fingerprint density at radius 2 is 2.14 bits per heavy atom. The van der Waals surface area contributed by atoms with Crippen molar-refractivity contribution in [3.63, 3.8) is 0 Å². The van der Waals surface area contributed by atoms with E-state index in [-0.39, 0.29) is 11.7 Å². The van der Waals surface area contributed by atoms with Crippen molar-refractivity contribution in [2.75, 3.05) is 7.05 Å². The molecule has 7 heteroatoms. The average molecular weight is 352 g/mol. The number of nitrogens with zero attached hydrogens (tertiary/aromatic N) is 2. The molecule has 0 saturated heterocycles. The molecular formula is C14H14BrN3O3. The molecule has 0 radical (unpaired) electrons. The number of ether oxygens (including phenoxy) is 1. The number of rotatable bonds is 5. The van der Waals surface area contributed by atoms with Crippen LogP contribution in [0.3, 0.4) is 0 Å². The summed E-state index contributed by atoms with van der Waals surface area (Å²) in [6.45, 7) is 2.02. The van der Waals surface area contributed by atoms with E-state index < -0.39 is 4.92 Å². The SMILES string of the molecule is CNC(C)c1ccnc(Oc2cc(Br)cc([N+](=O)[O-])c2)c1. The molecule has 1 N–H and O–H groups in total. The van der Waals surface area contributed by atoms with Crippen LogP contribution >= 0.6 is 15.9 Å². The van der Waals surface area contributed by atoms with Gasteiger partial charge in [-0.25, -0.2) is 4.98 Å². The molecule has 1 atom stereocenters. The Morgan fingerprint density at radius 3 is 2.81 bits per heavy atom. The molecule has 2 aromatic rings. The number of nitro benzene ring substituents is 1. The first kappa shape index (κ1) is 15.4. The second-order valence-corrected chi connectivity index (χ2v) is 5.36. The quantitative estimate of drug-likeness (QED) is 0.654. The maximum Gasteiger partial charge on any atom is 0.274 e. The van der Waals surface area contributed by atoms with Gasteiger partial charge in [-0.15, -0.1) is 0 Å². The van der Waals surface area contributed by atoms with Crippen LogP contribution in [-0.2, 0) is 0 Å². The zero-order valence-corrected chi connectivity index (χ0v) is 13.1. The fourth-order valence-electron chi connectivity index (χ4n) is 1.75. The summed E-state index contributed by atoms with van der Waals surface area (Å²) in [4.78, 5) is 14.5. The maximum absolute atomic E-state index is 10.8. The number of non-ortho nitro benzene ring substituents is 1. The highest BCUT2D eigenvalue weighted by molar-refractivity contribution is 9.10. The van der Waals surface area contributed by atoms with Crippen molar-refractivity contribution in [3.8, 4) is 11.6 Å². The largest absolute Gasteiger partial charge is 0.439 e. The molecule has 21 heavy (non-hydrogen) atoms. The number of benzene rings is 1. The van der Waals surface area contributed by atoms with Crippen molar-refractivity contribution in [2.24, 2.45) is 0 Å². The van der Waals surface area contributed by atoms with Gasteiger partial charge in [-0.3, -0.25) is 10.1 Å². The van der Waals surface area contributed by atoms with Crippen LogP contribution in [-0.4, -0.2) is 17.0 Å². The van der Waals surface area contributed by atoms with Crippen LogP contribution in [0.1, 0.15) is 18.5 Å².